The summed E-state index contributed by atoms with van der Waals surface area (Å²) in [6.45, 7) is 16.2. The van der Waals surface area contributed by atoms with Crippen LogP contribution >= 0.6 is 0 Å². The first kappa shape index (κ1) is 24.1. The fourth-order valence-electron chi connectivity index (χ4n) is 3.53. The van der Waals surface area contributed by atoms with E-state index in [2.05, 4.69) is 27.7 Å². The third-order valence-corrected chi connectivity index (χ3v) is 7.58. The van der Waals surface area contributed by atoms with Crippen molar-refractivity contribution in [2.75, 3.05) is 33.0 Å². The molecule has 0 radical (unpaired) electrons. The topological polar surface area (TPSA) is 57.2 Å². The van der Waals surface area contributed by atoms with E-state index in [1.165, 1.54) is 0 Å². The Morgan fingerprint density at radius 1 is 0.923 bits per heavy atom. The Hall–Kier alpha value is 0.0169. The highest BCUT2D eigenvalue weighted by Gasteiger charge is 2.39. The maximum atomic E-state index is 10.4. The average Bonchev–Trinajstić information content (AvgIpc) is 2.58. The van der Waals surface area contributed by atoms with Crippen molar-refractivity contribution in [3.8, 4) is 0 Å². The smallest absolute Gasteiger partial charge is 0.327 e. The number of aliphatic hydroxyl groups excluding tert-OH is 1. The predicted octanol–water partition coefficient (Wildman–Crippen LogP) is 3.52. The van der Waals surface area contributed by atoms with Crippen LogP contribution in [0.5, 0.6) is 0 Å². The number of rotatable bonds is 13. The van der Waals surface area contributed by atoms with Crippen LogP contribution in [-0.2, 0) is 18.3 Å². The maximum Gasteiger partial charge on any atom is 0.327 e. The molecule has 0 saturated heterocycles. The van der Waals surface area contributed by atoms with Gasteiger partial charge >= 0.3 is 9.28 Å². The van der Waals surface area contributed by atoms with Gasteiger partial charge in [-0.1, -0.05) is 27.7 Å². The second-order valence-corrected chi connectivity index (χ2v) is 10.5. The van der Waals surface area contributed by atoms with Crippen LogP contribution in [0.3, 0.4) is 0 Å². The highest BCUT2D eigenvalue weighted by molar-refractivity contribution is 6.46. The lowest BCUT2D eigenvalue weighted by Crippen LogP contribution is -2.43. The van der Waals surface area contributed by atoms with Crippen LogP contribution in [0.25, 0.3) is 0 Å². The molecule has 1 aliphatic carbocycles. The van der Waals surface area contributed by atoms with E-state index in [0.29, 0.717) is 49.7 Å². The van der Waals surface area contributed by atoms with Crippen LogP contribution in [0.1, 0.15) is 60.8 Å². The first-order valence-electron chi connectivity index (χ1n) is 10.5. The molecule has 0 spiro atoms. The minimum absolute atomic E-state index is 0.0818. The molecule has 5 nitrogen and oxygen atoms in total. The first-order chi connectivity index (χ1) is 12.4. The molecule has 4 atom stereocenters. The zero-order valence-electron chi connectivity index (χ0n) is 17.8. The molecule has 1 rings (SSSR count). The van der Waals surface area contributed by atoms with Crippen LogP contribution in [0, 0.1) is 17.8 Å². The van der Waals surface area contributed by atoms with Gasteiger partial charge < -0.3 is 23.4 Å². The molecule has 0 aromatic heterocycles. The molecular weight excluding hydrogens is 348 g/mol. The molecule has 0 aromatic rings. The zero-order valence-corrected chi connectivity index (χ0v) is 18.9. The largest absolute Gasteiger partial charge is 0.397 e. The number of ether oxygens (including phenoxy) is 2. The predicted molar refractivity (Wildman–Crippen MR) is 108 cm³/mol. The van der Waals surface area contributed by atoms with E-state index in [1.54, 1.807) is 0 Å². The van der Waals surface area contributed by atoms with Crippen molar-refractivity contribution < 1.29 is 23.4 Å². The molecule has 0 bridgehead atoms. The van der Waals surface area contributed by atoms with E-state index >= 15 is 0 Å². The van der Waals surface area contributed by atoms with E-state index in [-0.39, 0.29) is 12.2 Å². The van der Waals surface area contributed by atoms with E-state index in [0.717, 1.165) is 25.9 Å². The minimum atomic E-state index is -1.83. The molecule has 1 saturated carbocycles. The van der Waals surface area contributed by atoms with Gasteiger partial charge in [-0.3, -0.25) is 0 Å². The minimum Gasteiger partial charge on any atom is -0.397 e. The molecule has 156 valence electrons. The van der Waals surface area contributed by atoms with Crippen LogP contribution in [-0.4, -0.2) is 59.6 Å². The van der Waals surface area contributed by atoms with Crippen molar-refractivity contribution in [1.82, 2.24) is 0 Å². The fraction of sp³-hybridized carbons (Fsp3) is 1.00. The van der Waals surface area contributed by atoms with E-state index < -0.39 is 9.28 Å². The molecular formula is C20H42O5Si. The SMILES string of the molecule is CCO[SiH](OCC)C(COCC(C)C)C1CCC(O)C(OCC(C)C)C1. The molecule has 0 aliphatic heterocycles. The normalized spacial score (nSPS) is 25.4. The van der Waals surface area contributed by atoms with Crippen molar-refractivity contribution in [2.45, 2.75) is 78.6 Å². The van der Waals surface area contributed by atoms with Crippen LogP contribution < -0.4 is 0 Å². The Kier molecular flexibility index (Phi) is 12.2. The van der Waals surface area contributed by atoms with Gasteiger partial charge in [0.15, 0.2) is 0 Å². The summed E-state index contributed by atoms with van der Waals surface area (Å²) in [5.74, 6) is 1.42. The first-order valence-corrected chi connectivity index (χ1v) is 12.1. The number of hydrogen-bond donors (Lipinski definition) is 1. The lowest BCUT2D eigenvalue weighted by molar-refractivity contribution is -0.0822. The number of hydrogen-bond acceptors (Lipinski definition) is 5. The summed E-state index contributed by atoms with van der Waals surface area (Å²) in [5.41, 5.74) is 0.297. The van der Waals surface area contributed by atoms with Gasteiger partial charge in [0.1, 0.15) is 0 Å². The highest BCUT2D eigenvalue weighted by Crippen LogP contribution is 2.37. The Morgan fingerprint density at radius 2 is 1.54 bits per heavy atom. The van der Waals surface area contributed by atoms with Gasteiger partial charge in [-0.2, -0.15) is 0 Å². The van der Waals surface area contributed by atoms with E-state index in [1.807, 2.05) is 13.8 Å². The molecule has 26 heavy (non-hydrogen) atoms. The van der Waals surface area contributed by atoms with Crippen molar-refractivity contribution in [3.05, 3.63) is 0 Å². The van der Waals surface area contributed by atoms with Gasteiger partial charge in [0, 0.05) is 32.0 Å². The fourth-order valence-corrected chi connectivity index (χ4v) is 5.86. The summed E-state index contributed by atoms with van der Waals surface area (Å²) in [7, 11) is -1.83. The summed E-state index contributed by atoms with van der Waals surface area (Å²) >= 11 is 0. The molecule has 1 N–H and O–H groups in total. The lowest BCUT2D eigenvalue weighted by atomic mass is 9.83. The van der Waals surface area contributed by atoms with Crippen molar-refractivity contribution in [1.29, 1.82) is 0 Å². The molecule has 0 amide bonds. The summed E-state index contributed by atoms with van der Waals surface area (Å²) in [5, 5.41) is 10.4. The Balaban J connectivity index is 2.78. The quantitative estimate of drug-likeness (QED) is 0.488. The lowest BCUT2D eigenvalue weighted by Gasteiger charge is -2.39. The summed E-state index contributed by atoms with van der Waals surface area (Å²) < 4.78 is 24.1. The van der Waals surface area contributed by atoms with Gasteiger partial charge in [0.05, 0.1) is 18.8 Å². The van der Waals surface area contributed by atoms with Gasteiger partial charge in [0.25, 0.3) is 0 Å². The van der Waals surface area contributed by atoms with Gasteiger partial charge in [-0.05, 0) is 50.9 Å². The summed E-state index contributed by atoms with van der Waals surface area (Å²) in [4.78, 5) is 0. The van der Waals surface area contributed by atoms with Crippen LogP contribution in [0.4, 0.5) is 0 Å². The second-order valence-electron chi connectivity index (χ2n) is 8.28. The highest BCUT2D eigenvalue weighted by atomic mass is 28.3. The molecule has 6 heteroatoms. The third-order valence-electron chi connectivity index (χ3n) is 4.82. The van der Waals surface area contributed by atoms with Gasteiger partial charge in [-0.25, -0.2) is 0 Å². The van der Waals surface area contributed by atoms with Crippen molar-refractivity contribution >= 4 is 9.28 Å². The Labute approximate surface area is 162 Å². The van der Waals surface area contributed by atoms with E-state index in [9.17, 15) is 5.11 Å². The second kappa shape index (κ2) is 13.2. The van der Waals surface area contributed by atoms with E-state index in [4.69, 9.17) is 18.3 Å². The van der Waals surface area contributed by atoms with Gasteiger partial charge in [-0.15, -0.1) is 0 Å². The standard InChI is InChI=1S/C20H42O5Si/c1-7-24-26(25-8-2)20(14-22-12-15(3)4)17-9-10-18(21)19(11-17)23-13-16(5)6/h15-21,26H,7-14H2,1-6H3. The summed E-state index contributed by atoms with van der Waals surface area (Å²) in [6.07, 6.45) is 2.20. The van der Waals surface area contributed by atoms with Crippen molar-refractivity contribution in [2.24, 2.45) is 17.8 Å². The van der Waals surface area contributed by atoms with Crippen LogP contribution in [0.2, 0.25) is 5.54 Å². The van der Waals surface area contributed by atoms with Crippen molar-refractivity contribution in [3.63, 3.8) is 0 Å². The number of aliphatic hydroxyl groups is 1. The molecule has 0 heterocycles. The molecule has 1 fully saturated rings. The molecule has 0 aromatic carbocycles. The zero-order chi connectivity index (χ0) is 19.5. The van der Waals surface area contributed by atoms with Crippen LogP contribution in [0.15, 0.2) is 0 Å². The molecule has 4 unspecified atom stereocenters. The third kappa shape index (κ3) is 8.80. The summed E-state index contributed by atoms with van der Waals surface area (Å²) in [6, 6.07) is 0. The average molecular weight is 391 g/mol. The maximum absolute atomic E-state index is 10.4. The molecule has 1 aliphatic rings. The monoisotopic (exact) mass is 390 g/mol. The Bertz CT molecular complexity index is 347. The Morgan fingerprint density at radius 3 is 2.08 bits per heavy atom. The van der Waals surface area contributed by atoms with Gasteiger partial charge in [0.2, 0.25) is 0 Å².